The molecular weight excluding hydrogens is 677 g/mol. The fourth-order valence-electron chi connectivity index (χ4n) is 5.77. The van der Waals surface area contributed by atoms with Gasteiger partial charge in [0.2, 0.25) is 5.78 Å². The van der Waals surface area contributed by atoms with Gasteiger partial charge in [0.25, 0.3) is 5.56 Å². The van der Waals surface area contributed by atoms with Gasteiger partial charge >= 0.3 is 15.6 Å². The van der Waals surface area contributed by atoms with E-state index in [1.165, 1.54) is 27.7 Å². The second-order valence-corrected chi connectivity index (χ2v) is 13.5. The highest BCUT2D eigenvalue weighted by Gasteiger charge is 2.54. The number of aliphatic hydroxyl groups excluding tert-OH is 1. The molecule has 3 aliphatic rings. The fraction of sp³-hybridized carbons (Fsp3) is 0.455. The van der Waals surface area contributed by atoms with Gasteiger partial charge in [-0.1, -0.05) is 0 Å². The molecule has 0 aliphatic carbocycles. The molecule has 22 nitrogen and oxygen atoms in total. The van der Waals surface area contributed by atoms with E-state index in [9.17, 15) is 28.8 Å². The third-order valence-corrected chi connectivity index (χ3v) is 9.88. The summed E-state index contributed by atoms with van der Waals surface area (Å²) in [5, 5.41) is 11.2. The van der Waals surface area contributed by atoms with Crippen molar-refractivity contribution in [3.05, 3.63) is 41.7 Å². The summed E-state index contributed by atoms with van der Waals surface area (Å²) in [6.07, 6.45) is -7.38. The van der Waals surface area contributed by atoms with Gasteiger partial charge in [-0.25, -0.2) is 42.8 Å². The summed E-state index contributed by atoms with van der Waals surface area (Å²) in [5.74, 6) is 0.149. The highest BCUT2D eigenvalue weighted by atomic mass is 31.2. The third kappa shape index (κ3) is 5.07. The molecule has 6 N–H and O–H groups in total. The van der Waals surface area contributed by atoms with E-state index in [1.54, 1.807) is 0 Å². The van der Waals surface area contributed by atoms with Crippen LogP contribution < -0.4 is 11.3 Å². The van der Waals surface area contributed by atoms with Crippen molar-refractivity contribution in [3.8, 4) is 0 Å². The first-order valence-corrected chi connectivity index (χ1v) is 16.7. The molecule has 0 bridgehead atoms. The molecule has 3 aliphatic heterocycles. The number of phosphoric acid groups is 2. The number of fused-ring (bicyclic) bond motifs is 5. The Kier molecular flexibility index (Phi) is 7.10. The van der Waals surface area contributed by atoms with Crippen LogP contribution in [0.3, 0.4) is 0 Å². The fourth-order valence-corrected chi connectivity index (χ4v) is 7.69. The molecule has 25 heteroatoms. The molecule has 3 fully saturated rings. The Hall–Kier alpha value is -3.73. The van der Waals surface area contributed by atoms with E-state index >= 15 is 4.39 Å². The predicted molar refractivity (Wildman–Crippen MR) is 149 cm³/mol. The number of hydrogen-bond acceptors (Lipinski definition) is 16. The molecule has 5 aromatic rings. The van der Waals surface area contributed by atoms with Gasteiger partial charge in [0, 0.05) is 12.4 Å². The van der Waals surface area contributed by atoms with Crippen LogP contribution in [0.2, 0.25) is 0 Å². The smallest absolute Gasteiger partial charge is 0.386 e. The number of hydrogen-bond donors (Lipinski definition) is 5. The van der Waals surface area contributed by atoms with Crippen molar-refractivity contribution in [1.82, 2.24) is 43.4 Å². The summed E-state index contributed by atoms with van der Waals surface area (Å²) in [6, 6.07) is 0. The van der Waals surface area contributed by atoms with Gasteiger partial charge < -0.3 is 35.1 Å². The first-order chi connectivity index (χ1) is 22.4. The number of nitrogens with two attached hydrogens (primary N) is 1. The lowest BCUT2D eigenvalue weighted by Gasteiger charge is -2.27. The molecule has 5 aromatic heterocycles. The molecule has 250 valence electrons. The molecular formula is C22H23FN10O12P2. The molecule has 8 heterocycles. The van der Waals surface area contributed by atoms with Crippen molar-refractivity contribution in [2.24, 2.45) is 0 Å². The number of nitrogens with zero attached hydrogens (tertiary/aromatic N) is 8. The third-order valence-electron chi connectivity index (χ3n) is 7.91. The molecule has 0 amide bonds. The molecule has 0 aromatic carbocycles. The van der Waals surface area contributed by atoms with Crippen LogP contribution in [0.4, 0.5) is 10.2 Å². The van der Waals surface area contributed by atoms with E-state index < -0.39 is 83.6 Å². The second-order valence-electron chi connectivity index (χ2n) is 10.7. The summed E-state index contributed by atoms with van der Waals surface area (Å²) in [7, 11) is -10.2. The number of imidazole rings is 3. The zero-order chi connectivity index (χ0) is 32.8. The summed E-state index contributed by atoms with van der Waals surface area (Å²) in [4.78, 5) is 57.0. The summed E-state index contributed by atoms with van der Waals surface area (Å²) < 4.78 is 77.9. The highest BCUT2D eigenvalue weighted by molar-refractivity contribution is 7.47. The lowest BCUT2D eigenvalue weighted by atomic mass is 10.1. The molecule has 0 saturated carbocycles. The van der Waals surface area contributed by atoms with E-state index in [-0.39, 0.29) is 33.9 Å². The Morgan fingerprint density at radius 3 is 2.34 bits per heavy atom. The first-order valence-electron chi connectivity index (χ1n) is 13.7. The largest absolute Gasteiger partial charge is 0.472 e. The van der Waals surface area contributed by atoms with Gasteiger partial charge in [-0.3, -0.25) is 32.0 Å². The minimum absolute atomic E-state index is 0.00175. The number of aromatic amines is 1. The van der Waals surface area contributed by atoms with Crippen molar-refractivity contribution >= 4 is 49.6 Å². The van der Waals surface area contributed by atoms with Gasteiger partial charge in [-0.15, -0.1) is 0 Å². The van der Waals surface area contributed by atoms with Crippen LogP contribution in [0.5, 0.6) is 0 Å². The molecule has 0 spiro atoms. The van der Waals surface area contributed by atoms with Crippen LogP contribution in [-0.2, 0) is 36.7 Å². The standard InChI is InChI=1S/C22H23FN10O12P2/c23-10-14-8(42-20(10)32-6-28-11-16(24)26-5-27-17(11)32)3-40-47(38,39)45-15-9(4-41-46(36,37)44-14)43-21(13(15)34)33-7-29-12-18(33)30-22-25-1-2-31(22)19(12)35/h1-2,5-10,13-15,20-21,34H,3-4H2,(H,25,30)(H,36,37)(H,38,39)(H2,24,26,27)/t8-,9-,10-,13-,14-,15-,20-,21-/m1/s1. The number of anilines is 1. The number of alkyl halides is 1. The lowest BCUT2D eigenvalue weighted by molar-refractivity contribution is -0.0663. The van der Waals surface area contributed by atoms with E-state index in [4.69, 9.17) is 33.3 Å². The van der Waals surface area contributed by atoms with E-state index in [0.29, 0.717) is 0 Å². The Labute approximate surface area is 259 Å². The van der Waals surface area contributed by atoms with Crippen LogP contribution in [0, 0.1) is 0 Å². The molecule has 8 rings (SSSR count). The zero-order valence-electron chi connectivity index (χ0n) is 23.4. The number of H-pyrrole nitrogens is 1. The van der Waals surface area contributed by atoms with E-state index in [2.05, 4.69) is 29.9 Å². The Bertz CT molecular complexity index is 2170. The number of nitrogen functional groups attached to an aromatic ring is 1. The number of aliphatic hydroxyl groups is 1. The molecule has 10 atom stereocenters. The maximum absolute atomic E-state index is 15.9. The number of rotatable bonds is 2. The van der Waals surface area contributed by atoms with Crippen LogP contribution in [0.15, 0.2) is 36.2 Å². The summed E-state index contributed by atoms with van der Waals surface area (Å²) >= 11 is 0. The first kappa shape index (κ1) is 30.6. The quantitative estimate of drug-likeness (QED) is 0.142. The molecule has 3 saturated heterocycles. The maximum Gasteiger partial charge on any atom is 0.472 e. The van der Waals surface area contributed by atoms with E-state index in [1.807, 2.05) is 0 Å². The number of nitrogens with one attached hydrogen (secondary N) is 1. The van der Waals surface area contributed by atoms with Gasteiger partial charge in [-0.05, 0) is 0 Å². The summed E-state index contributed by atoms with van der Waals surface area (Å²) in [6.45, 7) is -1.74. The maximum atomic E-state index is 15.9. The van der Waals surface area contributed by atoms with Crippen LogP contribution >= 0.6 is 15.6 Å². The van der Waals surface area contributed by atoms with Gasteiger partial charge in [-0.2, -0.15) is 0 Å². The number of halogens is 1. The van der Waals surface area contributed by atoms with E-state index in [0.717, 1.165) is 17.2 Å². The van der Waals surface area contributed by atoms with Gasteiger partial charge in [0.15, 0.2) is 35.6 Å². The number of aromatic nitrogens is 9. The zero-order valence-corrected chi connectivity index (χ0v) is 25.2. The van der Waals surface area contributed by atoms with Crippen LogP contribution in [0.1, 0.15) is 12.5 Å². The second kappa shape index (κ2) is 10.9. The van der Waals surface area contributed by atoms with Crippen molar-refractivity contribution in [3.63, 3.8) is 0 Å². The SMILES string of the molecule is Nc1ncnc2c1ncn2[C@@H]1O[C@@H]2COP(=O)(O)O[C@H]3[C@@H](O)[C@H](n4cnc5c(=O)n6ccnc6[nH]c54)O[C@@H]3COP(=O)(O)O[C@H]2[C@H]1F. The highest BCUT2D eigenvalue weighted by Crippen LogP contribution is 2.54. The van der Waals surface area contributed by atoms with Crippen LogP contribution in [0.25, 0.3) is 28.1 Å². The number of ether oxygens (including phenoxy) is 2. The normalized spacial score (nSPS) is 36.8. The molecule has 47 heavy (non-hydrogen) atoms. The van der Waals surface area contributed by atoms with Crippen molar-refractivity contribution in [1.29, 1.82) is 0 Å². The summed E-state index contributed by atoms with van der Waals surface area (Å²) in [5.41, 5.74) is 5.49. The van der Waals surface area contributed by atoms with Gasteiger partial charge in [0.05, 0.1) is 25.9 Å². The Morgan fingerprint density at radius 2 is 1.57 bits per heavy atom. The average Bonchev–Trinajstić information content (AvgIpc) is 3.84. The minimum Gasteiger partial charge on any atom is -0.386 e. The monoisotopic (exact) mass is 700 g/mol. The van der Waals surface area contributed by atoms with Crippen molar-refractivity contribution < 1.29 is 56.0 Å². The Balaban J connectivity index is 1.08. The average molecular weight is 700 g/mol. The van der Waals surface area contributed by atoms with Crippen LogP contribution in [-0.4, -0.2) is 108 Å². The Morgan fingerprint density at radius 1 is 0.915 bits per heavy atom. The van der Waals surface area contributed by atoms with Crippen molar-refractivity contribution in [2.45, 2.75) is 49.1 Å². The predicted octanol–water partition coefficient (Wildman–Crippen LogP) is -0.694. The van der Waals surface area contributed by atoms with Gasteiger partial charge in [0.1, 0.15) is 48.0 Å². The topological polar surface area (TPSA) is 288 Å². The molecule has 0 radical (unpaired) electrons. The molecule has 2 unspecified atom stereocenters. The number of phosphoric ester groups is 2. The van der Waals surface area contributed by atoms with Crippen molar-refractivity contribution in [2.75, 3.05) is 18.9 Å². The lowest BCUT2D eigenvalue weighted by Crippen LogP contribution is -2.38. The minimum atomic E-state index is -5.12.